The largest absolute Gasteiger partial charge is 0.478 e. The van der Waals surface area contributed by atoms with Crippen molar-refractivity contribution >= 4 is 50.9 Å². The number of hydrogen-bond donors (Lipinski definition) is 2. The number of ether oxygens (including phenoxy) is 1. The monoisotopic (exact) mass is 630 g/mol. The highest BCUT2D eigenvalue weighted by Crippen LogP contribution is 2.25. The minimum Gasteiger partial charge on any atom is -0.478 e. The maximum Gasteiger partial charge on any atom is 0.346 e. The molecular formula is C34H18N2O11. The third kappa shape index (κ3) is 4.82. The number of carboxylic acid groups (broad SMARTS) is 1. The number of nitrogens with zero attached hydrogens (tertiary/aromatic N) is 1. The van der Waals surface area contributed by atoms with Crippen molar-refractivity contribution in [3.05, 3.63) is 148 Å². The van der Waals surface area contributed by atoms with Crippen LogP contribution in [0.3, 0.4) is 0 Å². The van der Waals surface area contributed by atoms with E-state index in [1.54, 1.807) is 36.4 Å². The molecule has 0 fully saturated rings. The molecule has 13 heteroatoms. The van der Waals surface area contributed by atoms with Crippen LogP contribution in [0, 0.1) is 0 Å². The van der Waals surface area contributed by atoms with Crippen molar-refractivity contribution in [1.82, 2.24) is 4.57 Å². The summed E-state index contributed by atoms with van der Waals surface area (Å²) < 4.78 is 10.0. The SMILES string of the molecule is O=C(O)c1cc2c(cc1C(=O)CNc1ccc(Cc3ccc(-n4c(=O)c5cc6c(=O)oc(=O)c6cc5c4=O)cc3)cc1)C(=O)OC2=O. The number of benzene rings is 4. The standard InChI is InChI=1S/C34H18N2O11/c37-27(19-10-23-26(13-22(19)30(40)41)34(45)46-31(23)42)14-35-17-5-1-15(2-6-17)9-16-3-7-18(8-4-16)36-28(38)20-11-24-25(12-21(20)29(36)39)33(44)47-32(24)43/h1-8,10-13,35H,9,14H2,(H,40,41). The number of nitrogens with one attached hydrogen (secondary N) is 1. The van der Waals surface area contributed by atoms with Crippen LogP contribution in [0.1, 0.15) is 52.6 Å². The van der Waals surface area contributed by atoms with Gasteiger partial charge in [-0.3, -0.25) is 14.4 Å². The number of cyclic esters (lactones) is 2. The van der Waals surface area contributed by atoms with E-state index in [1.807, 2.05) is 12.1 Å². The molecule has 4 aromatic carbocycles. The quantitative estimate of drug-likeness (QED) is 0.142. The van der Waals surface area contributed by atoms with Crippen LogP contribution in [0.4, 0.5) is 5.69 Å². The Balaban J connectivity index is 1.05. The molecule has 0 spiro atoms. The van der Waals surface area contributed by atoms with Gasteiger partial charge in [-0.1, -0.05) is 24.3 Å². The van der Waals surface area contributed by atoms with Crippen molar-refractivity contribution in [2.75, 3.05) is 11.9 Å². The summed E-state index contributed by atoms with van der Waals surface area (Å²) in [5, 5.41) is 12.4. The van der Waals surface area contributed by atoms with E-state index in [1.165, 1.54) is 12.1 Å². The fraction of sp³-hybridized carbons (Fsp3) is 0.0588. The smallest absolute Gasteiger partial charge is 0.346 e. The van der Waals surface area contributed by atoms with Crippen LogP contribution in [-0.4, -0.2) is 39.9 Å². The highest BCUT2D eigenvalue weighted by atomic mass is 16.6. The van der Waals surface area contributed by atoms with Crippen molar-refractivity contribution in [1.29, 1.82) is 0 Å². The molecule has 0 aliphatic carbocycles. The van der Waals surface area contributed by atoms with Gasteiger partial charge in [-0.05, 0) is 66.1 Å². The molecule has 0 bridgehead atoms. The molecule has 13 nitrogen and oxygen atoms in total. The van der Waals surface area contributed by atoms with Gasteiger partial charge in [-0.25, -0.2) is 28.5 Å². The Morgan fingerprint density at radius 2 is 1.17 bits per heavy atom. The number of hydrogen-bond acceptors (Lipinski definition) is 11. The lowest BCUT2D eigenvalue weighted by Crippen LogP contribution is -2.23. The molecule has 0 saturated heterocycles. The summed E-state index contributed by atoms with van der Waals surface area (Å²) in [6, 6.07) is 18.3. The zero-order chi connectivity index (χ0) is 33.1. The Kier molecular flexibility index (Phi) is 6.60. The van der Waals surface area contributed by atoms with Crippen LogP contribution < -0.4 is 27.7 Å². The van der Waals surface area contributed by atoms with Crippen LogP contribution in [0.25, 0.3) is 27.2 Å². The first kappa shape index (κ1) is 29.0. The van der Waals surface area contributed by atoms with Crippen molar-refractivity contribution in [2.24, 2.45) is 0 Å². The second-order valence-electron chi connectivity index (χ2n) is 10.8. The number of Topliss-reactive ketones (excluding diaryl/α,β-unsaturated/α-hetero) is 1. The number of anilines is 1. The fourth-order valence-corrected chi connectivity index (χ4v) is 5.61. The zero-order valence-electron chi connectivity index (χ0n) is 23.8. The van der Waals surface area contributed by atoms with Crippen LogP contribution in [0.5, 0.6) is 0 Å². The minimum absolute atomic E-state index is 0.00988. The number of esters is 2. The van der Waals surface area contributed by atoms with E-state index in [2.05, 4.69) is 14.5 Å². The summed E-state index contributed by atoms with van der Waals surface area (Å²) in [5.41, 5.74) is -1.37. The van der Waals surface area contributed by atoms with E-state index < -0.39 is 51.6 Å². The first-order valence-electron chi connectivity index (χ1n) is 14.0. The van der Waals surface area contributed by atoms with Gasteiger partial charge in [0.15, 0.2) is 5.78 Å². The van der Waals surface area contributed by atoms with Gasteiger partial charge in [-0.15, -0.1) is 0 Å². The first-order valence-corrected chi connectivity index (χ1v) is 14.0. The molecule has 6 aromatic rings. The normalized spacial score (nSPS) is 12.4. The van der Waals surface area contributed by atoms with Crippen LogP contribution in [0.15, 0.2) is 96.4 Å². The van der Waals surface area contributed by atoms with Gasteiger partial charge in [0.25, 0.3) is 11.1 Å². The van der Waals surface area contributed by atoms with E-state index in [-0.39, 0.29) is 44.8 Å². The average molecular weight is 631 g/mol. The number of carbonyl (C=O) groups excluding carboxylic acids is 3. The summed E-state index contributed by atoms with van der Waals surface area (Å²) in [6.07, 6.45) is 0.491. The van der Waals surface area contributed by atoms with E-state index in [0.717, 1.165) is 27.8 Å². The lowest BCUT2D eigenvalue weighted by Gasteiger charge is -2.10. The van der Waals surface area contributed by atoms with E-state index in [0.29, 0.717) is 17.8 Å². The predicted molar refractivity (Wildman–Crippen MR) is 166 cm³/mol. The zero-order valence-corrected chi connectivity index (χ0v) is 23.8. The maximum absolute atomic E-state index is 13.1. The molecule has 0 atom stereocenters. The molecule has 2 aromatic heterocycles. The molecule has 0 amide bonds. The first-order chi connectivity index (χ1) is 22.5. The topological polar surface area (TPSA) is 196 Å². The van der Waals surface area contributed by atoms with Crippen LogP contribution in [-0.2, 0) is 11.2 Å². The Hall–Kier alpha value is -6.76. The Morgan fingerprint density at radius 3 is 1.70 bits per heavy atom. The third-order valence-electron chi connectivity index (χ3n) is 7.97. The van der Waals surface area contributed by atoms with Gasteiger partial charge in [0.1, 0.15) is 0 Å². The summed E-state index contributed by atoms with van der Waals surface area (Å²) in [4.78, 5) is 98.3. The molecule has 47 heavy (non-hydrogen) atoms. The molecule has 0 unspecified atom stereocenters. The van der Waals surface area contributed by atoms with Crippen molar-refractivity contribution in [3.8, 4) is 5.69 Å². The molecule has 7 rings (SSSR count). The number of aromatic nitrogens is 1. The number of carbonyl (C=O) groups is 4. The Labute approximate surface area is 260 Å². The Morgan fingerprint density at radius 1 is 0.660 bits per heavy atom. The van der Waals surface area contributed by atoms with Gasteiger partial charge >= 0.3 is 29.2 Å². The van der Waals surface area contributed by atoms with Crippen molar-refractivity contribution in [2.45, 2.75) is 6.42 Å². The molecule has 230 valence electrons. The molecule has 0 radical (unpaired) electrons. The molecule has 1 aliphatic rings. The van der Waals surface area contributed by atoms with Crippen LogP contribution in [0.2, 0.25) is 0 Å². The molecule has 3 heterocycles. The minimum atomic E-state index is -1.43. The van der Waals surface area contributed by atoms with Gasteiger partial charge < -0.3 is 19.6 Å². The van der Waals surface area contributed by atoms with Gasteiger partial charge in [0, 0.05) is 11.3 Å². The maximum atomic E-state index is 13.1. The fourth-order valence-electron chi connectivity index (χ4n) is 5.61. The number of furan rings is 1. The lowest BCUT2D eigenvalue weighted by atomic mass is 9.96. The van der Waals surface area contributed by atoms with E-state index >= 15 is 0 Å². The number of carboxylic acids is 1. The molecule has 0 saturated carbocycles. The van der Waals surface area contributed by atoms with E-state index in [9.17, 15) is 43.5 Å². The summed E-state index contributed by atoms with van der Waals surface area (Å²) in [7, 11) is 0. The number of ketones is 1. The lowest BCUT2D eigenvalue weighted by molar-refractivity contribution is 0.0443. The summed E-state index contributed by atoms with van der Waals surface area (Å²) >= 11 is 0. The highest BCUT2D eigenvalue weighted by molar-refractivity contribution is 6.18. The number of fused-ring (bicyclic) bond motifs is 3. The summed E-state index contributed by atoms with van der Waals surface area (Å²) in [6.45, 7) is -0.288. The molecular weight excluding hydrogens is 612 g/mol. The summed E-state index contributed by atoms with van der Waals surface area (Å²) in [5.74, 6) is -3.96. The Bertz CT molecular complexity index is 2490. The van der Waals surface area contributed by atoms with E-state index in [4.69, 9.17) is 0 Å². The molecule has 2 N–H and O–H groups in total. The third-order valence-corrected chi connectivity index (χ3v) is 7.97. The van der Waals surface area contributed by atoms with Crippen molar-refractivity contribution in [3.63, 3.8) is 0 Å². The van der Waals surface area contributed by atoms with Gasteiger partial charge in [0.05, 0.1) is 50.5 Å². The van der Waals surface area contributed by atoms with Gasteiger partial charge in [-0.2, -0.15) is 0 Å². The van der Waals surface area contributed by atoms with Gasteiger partial charge in [0.2, 0.25) is 0 Å². The second kappa shape index (κ2) is 10.7. The van der Waals surface area contributed by atoms with Crippen molar-refractivity contribution < 1.29 is 33.4 Å². The number of aromatic carboxylic acids is 1. The average Bonchev–Trinajstić information content (AvgIpc) is 3.60. The predicted octanol–water partition coefficient (Wildman–Crippen LogP) is 2.59. The molecule has 1 aliphatic heterocycles. The van der Waals surface area contributed by atoms with Crippen LogP contribution >= 0.6 is 0 Å². The number of rotatable bonds is 8. The highest BCUT2D eigenvalue weighted by Gasteiger charge is 2.33. The second-order valence-corrected chi connectivity index (χ2v) is 10.8.